The first-order valence-electron chi connectivity index (χ1n) is 6.45. The zero-order valence-electron chi connectivity index (χ0n) is 11.6. The Kier molecular flexibility index (Phi) is 5.72. The van der Waals surface area contributed by atoms with Crippen molar-refractivity contribution in [2.45, 2.75) is 39.8 Å². The highest BCUT2D eigenvalue weighted by molar-refractivity contribution is 5.69. The third kappa shape index (κ3) is 3.57. The van der Waals surface area contributed by atoms with Crippen LogP contribution in [0, 0.1) is 11.3 Å². The Balaban J connectivity index is 2.95. The standard InChI is InChI=1S/C13H17N3O4/c1-3-15-9-10(8-14)12(18)16(13(15)19)7-5-6-11(17)20-4-2/h9H,3-7H2,1-2H3. The number of aromatic nitrogens is 2. The number of carbonyl (C=O) groups is 1. The smallest absolute Gasteiger partial charge is 0.331 e. The number of nitriles is 1. The Morgan fingerprint density at radius 3 is 2.65 bits per heavy atom. The molecule has 1 heterocycles. The predicted molar refractivity (Wildman–Crippen MR) is 71.2 cm³/mol. The van der Waals surface area contributed by atoms with Gasteiger partial charge in [0.25, 0.3) is 5.56 Å². The van der Waals surface area contributed by atoms with E-state index in [2.05, 4.69) is 0 Å². The highest BCUT2D eigenvalue weighted by Gasteiger charge is 2.11. The van der Waals surface area contributed by atoms with E-state index in [1.54, 1.807) is 19.9 Å². The Labute approximate surface area is 116 Å². The van der Waals surface area contributed by atoms with Crippen LogP contribution in [0.2, 0.25) is 0 Å². The molecule has 0 fully saturated rings. The SMILES string of the molecule is CCOC(=O)CCCn1c(=O)c(C#N)cn(CC)c1=O. The van der Waals surface area contributed by atoms with Crippen LogP contribution in [0.3, 0.4) is 0 Å². The van der Waals surface area contributed by atoms with Crippen LogP contribution >= 0.6 is 0 Å². The number of hydrogen-bond donors (Lipinski definition) is 0. The van der Waals surface area contributed by atoms with Gasteiger partial charge in [0.15, 0.2) is 0 Å². The maximum Gasteiger partial charge on any atom is 0.331 e. The molecule has 7 nitrogen and oxygen atoms in total. The van der Waals surface area contributed by atoms with E-state index in [9.17, 15) is 14.4 Å². The van der Waals surface area contributed by atoms with Crippen molar-refractivity contribution in [3.05, 3.63) is 32.6 Å². The first kappa shape index (κ1) is 15.7. The van der Waals surface area contributed by atoms with Crippen molar-refractivity contribution in [3.63, 3.8) is 0 Å². The van der Waals surface area contributed by atoms with E-state index in [1.165, 1.54) is 10.8 Å². The number of nitrogens with zero attached hydrogens (tertiary/aromatic N) is 3. The van der Waals surface area contributed by atoms with Gasteiger partial charge in [-0.15, -0.1) is 0 Å². The van der Waals surface area contributed by atoms with Crippen LogP contribution in [0.25, 0.3) is 0 Å². The summed E-state index contributed by atoms with van der Waals surface area (Å²) in [5, 5.41) is 8.88. The number of ether oxygens (including phenoxy) is 1. The maximum absolute atomic E-state index is 12.0. The van der Waals surface area contributed by atoms with E-state index in [-0.39, 0.29) is 24.5 Å². The molecule has 0 aliphatic heterocycles. The van der Waals surface area contributed by atoms with Gasteiger partial charge in [-0.2, -0.15) is 5.26 Å². The van der Waals surface area contributed by atoms with Gasteiger partial charge in [0.1, 0.15) is 11.6 Å². The Hall–Kier alpha value is -2.36. The van der Waals surface area contributed by atoms with Gasteiger partial charge >= 0.3 is 11.7 Å². The van der Waals surface area contributed by atoms with Crippen LogP contribution in [0.4, 0.5) is 0 Å². The van der Waals surface area contributed by atoms with E-state index >= 15 is 0 Å². The maximum atomic E-state index is 12.0. The minimum absolute atomic E-state index is 0.0809. The average Bonchev–Trinajstić information content (AvgIpc) is 2.43. The lowest BCUT2D eigenvalue weighted by Crippen LogP contribution is -2.40. The molecule has 1 aromatic heterocycles. The number of rotatable bonds is 6. The monoisotopic (exact) mass is 279 g/mol. The third-order valence-corrected chi connectivity index (χ3v) is 2.77. The lowest BCUT2D eigenvalue weighted by atomic mass is 10.3. The number of hydrogen-bond acceptors (Lipinski definition) is 5. The van der Waals surface area contributed by atoms with Gasteiger partial charge in [0.2, 0.25) is 0 Å². The van der Waals surface area contributed by atoms with Gasteiger partial charge < -0.3 is 4.74 Å². The summed E-state index contributed by atoms with van der Waals surface area (Å²) in [6, 6.07) is 1.77. The van der Waals surface area contributed by atoms with Crippen molar-refractivity contribution in [3.8, 4) is 6.07 Å². The molecule has 1 rings (SSSR count). The average molecular weight is 279 g/mol. The molecule has 0 aliphatic rings. The molecular formula is C13H17N3O4. The van der Waals surface area contributed by atoms with E-state index in [4.69, 9.17) is 10.00 Å². The molecule has 0 saturated heterocycles. The fourth-order valence-corrected chi connectivity index (χ4v) is 1.77. The fraction of sp³-hybridized carbons (Fsp3) is 0.538. The van der Waals surface area contributed by atoms with Crippen LogP contribution in [0.1, 0.15) is 32.3 Å². The third-order valence-electron chi connectivity index (χ3n) is 2.77. The summed E-state index contributed by atoms with van der Waals surface area (Å²) < 4.78 is 7.05. The quantitative estimate of drug-likeness (QED) is 0.695. The zero-order chi connectivity index (χ0) is 15.1. The second kappa shape index (κ2) is 7.28. The molecule has 0 aromatic carbocycles. The lowest BCUT2D eigenvalue weighted by molar-refractivity contribution is -0.143. The molecule has 7 heteroatoms. The van der Waals surface area contributed by atoms with Gasteiger partial charge in [-0.1, -0.05) is 0 Å². The minimum atomic E-state index is -0.619. The van der Waals surface area contributed by atoms with Crippen LogP contribution in [0.5, 0.6) is 0 Å². The van der Waals surface area contributed by atoms with Crippen LogP contribution in [-0.2, 0) is 22.6 Å². The molecule has 1 aromatic rings. The highest BCUT2D eigenvalue weighted by atomic mass is 16.5. The number of aryl methyl sites for hydroxylation is 1. The van der Waals surface area contributed by atoms with Crippen molar-refractivity contribution in [1.29, 1.82) is 5.26 Å². The van der Waals surface area contributed by atoms with Crippen LogP contribution < -0.4 is 11.2 Å². The Bertz CT molecular complexity index is 636. The molecule has 0 spiro atoms. The molecule has 0 atom stereocenters. The Morgan fingerprint density at radius 2 is 2.10 bits per heavy atom. The molecule has 0 unspecified atom stereocenters. The van der Waals surface area contributed by atoms with Gasteiger partial charge in [-0.05, 0) is 20.3 Å². The minimum Gasteiger partial charge on any atom is -0.466 e. The first-order chi connectivity index (χ1) is 9.54. The topological polar surface area (TPSA) is 94.1 Å². The molecule has 20 heavy (non-hydrogen) atoms. The second-order valence-electron chi connectivity index (χ2n) is 4.09. The summed E-state index contributed by atoms with van der Waals surface area (Å²) in [6.07, 6.45) is 1.70. The summed E-state index contributed by atoms with van der Waals surface area (Å²) in [6.45, 7) is 4.21. The van der Waals surface area contributed by atoms with E-state index in [0.717, 1.165) is 4.57 Å². The summed E-state index contributed by atoms with van der Waals surface area (Å²) in [4.78, 5) is 35.1. The first-order valence-corrected chi connectivity index (χ1v) is 6.45. The number of carbonyl (C=O) groups excluding carboxylic acids is 1. The summed E-state index contributed by atoms with van der Waals surface area (Å²) in [5.41, 5.74) is -1.17. The molecule has 0 saturated carbocycles. The highest BCUT2D eigenvalue weighted by Crippen LogP contribution is 1.95. The van der Waals surface area contributed by atoms with Crippen molar-refractivity contribution >= 4 is 5.97 Å². The zero-order valence-corrected chi connectivity index (χ0v) is 11.6. The molecule has 0 N–H and O–H groups in total. The van der Waals surface area contributed by atoms with Crippen LogP contribution in [0.15, 0.2) is 15.8 Å². The molecule has 0 aliphatic carbocycles. The van der Waals surface area contributed by atoms with E-state index < -0.39 is 11.2 Å². The van der Waals surface area contributed by atoms with Crippen molar-refractivity contribution in [2.75, 3.05) is 6.61 Å². The Morgan fingerprint density at radius 1 is 1.40 bits per heavy atom. The predicted octanol–water partition coefficient (Wildman–Crippen LogP) is 0.245. The molecule has 0 amide bonds. The van der Waals surface area contributed by atoms with Gasteiger partial charge in [0.05, 0.1) is 6.61 Å². The summed E-state index contributed by atoms with van der Waals surface area (Å²) in [5.74, 6) is -0.368. The summed E-state index contributed by atoms with van der Waals surface area (Å²) >= 11 is 0. The molecule has 108 valence electrons. The summed E-state index contributed by atoms with van der Waals surface area (Å²) in [7, 11) is 0. The van der Waals surface area contributed by atoms with Crippen molar-refractivity contribution in [1.82, 2.24) is 9.13 Å². The normalized spacial score (nSPS) is 10.1. The number of esters is 1. The molecule has 0 bridgehead atoms. The van der Waals surface area contributed by atoms with Gasteiger partial charge in [0, 0.05) is 25.7 Å². The van der Waals surface area contributed by atoms with Gasteiger partial charge in [-0.25, -0.2) is 4.79 Å². The van der Waals surface area contributed by atoms with Crippen molar-refractivity contribution in [2.24, 2.45) is 0 Å². The van der Waals surface area contributed by atoms with Crippen molar-refractivity contribution < 1.29 is 9.53 Å². The largest absolute Gasteiger partial charge is 0.466 e. The molecule has 0 radical (unpaired) electrons. The lowest BCUT2D eigenvalue weighted by Gasteiger charge is -2.09. The van der Waals surface area contributed by atoms with Gasteiger partial charge in [-0.3, -0.25) is 18.7 Å². The second-order valence-corrected chi connectivity index (χ2v) is 4.09. The van der Waals surface area contributed by atoms with E-state index in [0.29, 0.717) is 19.6 Å². The molecular weight excluding hydrogens is 262 g/mol. The van der Waals surface area contributed by atoms with Crippen LogP contribution in [-0.4, -0.2) is 21.7 Å². The van der Waals surface area contributed by atoms with E-state index in [1.807, 2.05) is 0 Å². The fourth-order valence-electron chi connectivity index (χ4n) is 1.77.